The van der Waals surface area contributed by atoms with E-state index in [1.807, 2.05) is 22.9 Å². The van der Waals surface area contributed by atoms with Crippen molar-refractivity contribution in [2.24, 2.45) is 5.73 Å². The Morgan fingerprint density at radius 1 is 1.15 bits per heavy atom. The third-order valence-electron chi connectivity index (χ3n) is 3.49. The summed E-state index contributed by atoms with van der Waals surface area (Å²) in [6, 6.07) is 12.4. The van der Waals surface area contributed by atoms with Crippen LogP contribution in [0.3, 0.4) is 0 Å². The first-order valence-corrected chi connectivity index (χ1v) is 7.48. The number of nitrogens with zero attached hydrogens (tertiary/aromatic N) is 2. The maximum absolute atomic E-state index is 5.83. The first-order chi connectivity index (χ1) is 9.72. The van der Waals surface area contributed by atoms with Crippen molar-refractivity contribution in [1.82, 2.24) is 9.78 Å². The molecule has 20 heavy (non-hydrogen) atoms. The molecule has 0 saturated carbocycles. The number of nitrogens with two attached hydrogens (primary N) is 1. The van der Waals surface area contributed by atoms with E-state index in [-0.39, 0.29) is 0 Å². The zero-order chi connectivity index (χ0) is 14.1. The van der Waals surface area contributed by atoms with E-state index >= 15 is 0 Å². The molecule has 0 amide bonds. The summed E-state index contributed by atoms with van der Waals surface area (Å²) in [6.45, 7) is 4.74. The van der Waals surface area contributed by atoms with Gasteiger partial charge in [0, 0.05) is 28.2 Å². The Morgan fingerprint density at radius 3 is 2.60 bits per heavy atom. The molecule has 0 atom stereocenters. The topological polar surface area (TPSA) is 43.8 Å². The second-order valence-corrected chi connectivity index (χ2v) is 5.76. The fourth-order valence-corrected chi connectivity index (χ4v) is 3.34. The van der Waals surface area contributed by atoms with Gasteiger partial charge in [0.1, 0.15) is 0 Å². The summed E-state index contributed by atoms with van der Waals surface area (Å²) in [6.07, 6.45) is 0. The Hall–Kier alpha value is -1.91. The van der Waals surface area contributed by atoms with Gasteiger partial charge >= 0.3 is 0 Å². The molecular formula is C16H17N3S. The summed E-state index contributed by atoms with van der Waals surface area (Å²) < 4.78 is 2.00. The van der Waals surface area contributed by atoms with Crippen molar-refractivity contribution in [1.29, 1.82) is 0 Å². The second-order valence-electron chi connectivity index (χ2n) is 4.75. The number of para-hydroxylation sites is 1. The molecule has 0 aliphatic carbocycles. The van der Waals surface area contributed by atoms with Gasteiger partial charge in [0.25, 0.3) is 0 Å². The molecule has 1 aromatic carbocycles. The van der Waals surface area contributed by atoms with Gasteiger partial charge in [-0.3, -0.25) is 0 Å². The second kappa shape index (κ2) is 5.23. The molecule has 0 aliphatic heterocycles. The Balaban J connectivity index is 2.17. The predicted octanol–water partition coefficient (Wildman–Crippen LogP) is 3.68. The molecule has 0 spiro atoms. The number of thiophene rings is 1. The highest BCUT2D eigenvalue weighted by atomic mass is 32.1. The largest absolute Gasteiger partial charge is 0.326 e. The minimum Gasteiger partial charge on any atom is -0.326 e. The predicted molar refractivity (Wildman–Crippen MR) is 84.2 cm³/mol. The lowest BCUT2D eigenvalue weighted by atomic mass is 10.0. The van der Waals surface area contributed by atoms with E-state index < -0.39 is 0 Å². The minimum absolute atomic E-state index is 0.572. The van der Waals surface area contributed by atoms with Gasteiger partial charge in [-0.2, -0.15) is 5.10 Å². The van der Waals surface area contributed by atoms with Crippen LogP contribution in [0.25, 0.3) is 16.8 Å². The monoisotopic (exact) mass is 283 g/mol. The Labute approximate surface area is 122 Å². The van der Waals surface area contributed by atoms with Gasteiger partial charge < -0.3 is 5.73 Å². The van der Waals surface area contributed by atoms with E-state index in [0.717, 1.165) is 17.1 Å². The molecule has 0 unspecified atom stereocenters. The lowest BCUT2D eigenvalue weighted by Gasteiger charge is -2.05. The van der Waals surface area contributed by atoms with Crippen molar-refractivity contribution in [3.05, 3.63) is 58.0 Å². The highest BCUT2D eigenvalue weighted by molar-refractivity contribution is 7.10. The quantitative estimate of drug-likeness (QED) is 0.797. The molecule has 3 nitrogen and oxygen atoms in total. The lowest BCUT2D eigenvalue weighted by molar-refractivity contribution is 0.834. The lowest BCUT2D eigenvalue weighted by Crippen LogP contribution is -1.99. The van der Waals surface area contributed by atoms with Crippen LogP contribution in [0.15, 0.2) is 41.8 Å². The van der Waals surface area contributed by atoms with E-state index in [4.69, 9.17) is 10.8 Å². The fraction of sp³-hybridized carbons (Fsp3) is 0.188. The van der Waals surface area contributed by atoms with Crippen LogP contribution >= 0.6 is 11.3 Å². The van der Waals surface area contributed by atoms with Gasteiger partial charge in [-0.15, -0.1) is 11.3 Å². The van der Waals surface area contributed by atoms with Crippen LogP contribution in [0, 0.1) is 13.8 Å². The van der Waals surface area contributed by atoms with Gasteiger partial charge in [-0.25, -0.2) is 4.68 Å². The number of benzene rings is 1. The van der Waals surface area contributed by atoms with E-state index in [1.54, 1.807) is 11.3 Å². The first kappa shape index (κ1) is 13.1. The molecule has 4 heteroatoms. The average molecular weight is 283 g/mol. The van der Waals surface area contributed by atoms with Crippen molar-refractivity contribution < 1.29 is 0 Å². The number of aromatic nitrogens is 2. The van der Waals surface area contributed by atoms with Crippen LogP contribution < -0.4 is 5.73 Å². The maximum Gasteiger partial charge on any atom is 0.0679 e. The third kappa shape index (κ3) is 2.07. The summed E-state index contributed by atoms with van der Waals surface area (Å²) in [5.74, 6) is 0. The number of rotatable bonds is 3. The van der Waals surface area contributed by atoms with Crippen LogP contribution in [0.1, 0.15) is 16.3 Å². The Morgan fingerprint density at radius 2 is 1.90 bits per heavy atom. The molecule has 0 fully saturated rings. The summed E-state index contributed by atoms with van der Waals surface area (Å²) in [7, 11) is 0. The Kier molecular flexibility index (Phi) is 3.42. The number of hydrogen-bond acceptors (Lipinski definition) is 3. The summed E-state index contributed by atoms with van der Waals surface area (Å²) >= 11 is 1.70. The normalized spacial score (nSPS) is 10.9. The summed E-state index contributed by atoms with van der Waals surface area (Å²) in [5, 5.41) is 6.79. The smallest absolute Gasteiger partial charge is 0.0679 e. The Bertz CT molecular complexity index is 726. The minimum atomic E-state index is 0.572. The molecule has 102 valence electrons. The van der Waals surface area contributed by atoms with E-state index in [2.05, 4.69) is 37.4 Å². The fourth-order valence-electron chi connectivity index (χ4n) is 2.57. The van der Waals surface area contributed by atoms with Crippen molar-refractivity contribution >= 4 is 11.3 Å². The van der Waals surface area contributed by atoms with Crippen LogP contribution in [-0.2, 0) is 6.54 Å². The highest BCUT2D eigenvalue weighted by Gasteiger charge is 2.17. The number of aryl methyl sites for hydroxylation is 1. The van der Waals surface area contributed by atoms with Crippen LogP contribution in [0.5, 0.6) is 0 Å². The molecule has 2 aromatic heterocycles. The van der Waals surface area contributed by atoms with Crippen LogP contribution in [0.2, 0.25) is 0 Å². The third-order valence-corrected chi connectivity index (χ3v) is 4.44. The van der Waals surface area contributed by atoms with Gasteiger partial charge in [0.2, 0.25) is 0 Å². The highest BCUT2D eigenvalue weighted by Crippen LogP contribution is 2.33. The van der Waals surface area contributed by atoms with Gasteiger partial charge in [-0.1, -0.05) is 18.2 Å². The van der Waals surface area contributed by atoms with Crippen molar-refractivity contribution in [2.45, 2.75) is 20.4 Å². The average Bonchev–Trinajstić information content (AvgIpc) is 3.04. The molecule has 2 N–H and O–H groups in total. The van der Waals surface area contributed by atoms with Crippen molar-refractivity contribution in [3.63, 3.8) is 0 Å². The van der Waals surface area contributed by atoms with E-state index in [1.165, 1.54) is 16.0 Å². The molecule has 0 aliphatic rings. The zero-order valence-corrected chi connectivity index (χ0v) is 12.4. The summed E-state index contributed by atoms with van der Waals surface area (Å²) in [4.78, 5) is 1.21. The van der Waals surface area contributed by atoms with E-state index in [0.29, 0.717) is 6.54 Å². The van der Waals surface area contributed by atoms with Crippen LogP contribution in [-0.4, -0.2) is 9.78 Å². The maximum atomic E-state index is 5.83. The molecule has 2 heterocycles. The van der Waals surface area contributed by atoms with Crippen LogP contribution in [0.4, 0.5) is 0 Å². The van der Waals surface area contributed by atoms with Gasteiger partial charge in [0.05, 0.1) is 11.4 Å². The molecule has 0 bridgehead atoms. The summed E-state index contributed by atoms with van der Waals surface area (Å²) in [5.41, 5.74) is 11.5. The van der Waals surface area contributed by atoms with E-state index in [9.17, 15) is 0 Å². The molecule has 0 saturated heterocycles. The van der Waals surface area contributed by atoms with Gasteiger partial charge in [-0.05, 0) is 37.4 Å². The zero-order valence-electron chi connectivity index (χ0n) is 11.6. The standard InChI is InChI=1S/C16H17N3S/c1-11-16(14-8-9-20-15(14)10-17)12(2)19(18-11)13-6-4-3-5-7-13/h3-9H,10,17H2,1-2H3. The SMILES string of the molecule is Cc1nn(-c2ccccc2)c(C)c1-c1ccsc1CN. The molecule has 0 radical (unpaired) electrons. The molecule has 3 aromatic rings. The first-order valence-electron chi connectivity index (χ1n) is 6.61. The molecular weight excluding hydrogens is 266 g/mol. The molecule has 3 rings (SSSR count). The van der Waals surface area contributed by atoms with Crippen molar-refractivity contribution in [2.75, 3.05) is 0 Å². The van der Waals surface area contributed by atoms with Crippen molar-refractivity contribution in [3.8, 4) is 16.8 Å². The van der Waals surface area contributed by atoms with Gasteiger partial charge in [0.15, 0.2) is 0 Å². The number of hydrogen-bond donors (Lipinski definition) is 1.